The highest BCUT2D eigenvalue weighted by Crippen LogP contribution is 2.24. The third-order valence-corrected chi connectivity index (χ3v) is 2.92. The number of piperidine rings is 1. The van der Waals surface area contributed by atoms with Gasteiger partial charge in [0, 0.05) is 24.1 Å². The average molecular weight is 245 g/mol. The van der Waals surface area contributed by atoms with Crippen LogP contribution in [0.1, 0.15) is 54.4 Å². The zero-order valence-corrected chi connectivity index (χ0v) is 12.4. The van der Waals surface area contributed by atoms with E-state index >= 15 is 0 Å². The van der Waals surface area contributed by atoms with Crippen LogP contribution in [0.2, 0.25) is 0 Å². The van der Waals surface area contributed by atoms with Gasteiger partial charge in [0.1, 0.15) is 0 Å². The Balaban J connectivity index is 0.00000121. The lowest BCUT2D eigenvalue weighted by atomic mass is 9.87. The molecule has 0 spiro atoms. The number of hydrogen-bond acceptors (Lipinski definition) is 3. The van der Waals surface area contributed by atoms with Crippen molar-refractivity contribution in [1.82, 2.24) is 5.32 Å². The number of aliphatic hydroxyl groups excluding tert-OH is 1. The lowest BCUT2D eigenvalue weighted by Crippen LogP contribution is -2.53. The molecule has 0 aromatic heterocycles. The predicted molar refractivity (Wildman–Crippen MR) is 73.2 cm³/mol. The Hall–Kier alpha value is -0.120. The van der Waals surface area contributed by atoms with Crippen molar-refractivity contribution in [1.29, 1.82) is 0 Å². The molecule has 104 valence electrons. The topological polar surface area (TPSA) is 41.5 Å². The quantitative estimate of drug-likeness (QED) is 0.800. The second-order valence-corrected chi connectivity index (χ2v) is 5.61. The molecule has 0 bridgehead atoms. The molecule has 2 N–H and O–H groups in total. The summed E-state index contributed by atoms with van der Waals surface area (Å²) in [6.07, 6.45) is 2.46. The molecular weight excluding hydrogens is 214 g/mol. The molecule has 1 heterocycles. The van der Waals surface area contributed by atoms with Crippen molar-refractivity contribution in [2.45, 2.75) is 72.1 Å². The van der Waals surface area contributed by atoms with Crippen molar-refractivity contribution in [2.24, 2.45) is 5.92 Å². The van der Waals surface area contributed by atoms with Gasteiger partial charge in [-0.05, 0) is 33.6 Å². The third kappa shape index (κ3) is 7.02. The first kappa shape index (κ1) is 16.9. The lowest BCUT2D eigenvalue weighted by molar-refractivity contribution is -0.0233. The van der Waals surface area contributed by atoms with Gasteiger partial charge in [0.2, 0.25) is 0 Å². The molecule has 1 saturated heterocycles. The summed E-state index contributed by atoms with van der Waals surface area (Å²) in [6, 6.07) is 0.517. The first-order valence-corrected chi connectivity index (χ1v) is 6.93. The normalized spacial score (nSPS) is 29.1. The Morgan fingerprint density at radius 1 is 1.41 bits per heavy atom. The third-order valence-electron chi connectivity index (χ3n) is 2.92. The Morgan fingerprint density at radius 2 is 2.00 bits per heavy atom. The first-order valence-electron chi connectivity index (χ1n) is 6.93. The maximum atomic E-state index is 8.93. The Morgan fingerprint density at radius 3 is 2.47 bits per heavy atom. The van der Waals surface area contributed by atoms with Crippen LogP contribution in [0.5, 0.6) is 0 Å². The molecule has 17 heavy (non-hydrogen) atoms. The van der Waals surface area contributed by atoms with Gasteiger partial charge in [-0.3, -0.25) is 0 Å². The summed E-state index contributed by atoms with van der Waals surface area (Å²) in [5.41, 5.74) is 0.171. The maximum absolute atomic E-state index is 8.93. The van der Waals surface area contributed by atoms with Gasteiger partial charge in [-0.2, -0.15) is 0 Å². The number of ether oxygens (including phenoxy) is 1. The molecule has 0 radical (unpaired) electrons. The summed E-state index contributed by atoms with van der Waals surface area (Å²) in [5, 5.41) is 12.5. The van der Waals surface area contributed by atoms with Crippen molar-refractivity contribution >= 4 is 0 Å². The monoisotopic (exact) mass is 245 g/mol. The van der Waals surface area contributed by atoms with Crippen molar-refractivity contribution in [2.75, 3.05) is 13.2 Å². The van der Waals surface area contributed by atoms with Gasteiger partial charge in [-0.15, -0.1) is 0 Å². The molecule has 0 aromatic carbocycles. The lowest BCUT2D eigenvalue weighted by Gasteiger charge is -2.40. The molecule has 1 rings (SSSR count). The van der Waals surface area contributed by atoms with Gasteiger partial charge >= 0.3 is 0 Å². The highest BCUT2D eigenvalue weighted by atomic mass is 16.5. The van der Waals surface area contributed by atoms with E-state index in [0.717, 1.165) is 12.8 Å². The minimum absolute atomic E-state index is 0.171. The summed E-state index contributed by atoms with van der Waals surface area (Å²) in [5.74, 6) is 0.248. The van der Waals surface area contributed by atoms with Crippen LogP contribution >= 0.6 is 0 Å². The number of aliphatic hydroxyl groups is 1. The molecule has 0 saturated carbocycles. The standard InChI is InChI=1S/C12H25NO2.C2H6/c1-9(7-14)8-15-11-5-10(2)13-12(3,4)6-11;1-2/h9-11,13-14H,5-8H2,1-4H3;1-2H3. The van der Waals surface area contributed by atoms with Gasteiger partial charge < -0.3 is 15.2 Å². The van der Waals surface area contributed by atoms with Crippen LogP contribution in [-0.2, 0) is 4.74 Å². The molecule has 0 aliphatic carbocycles. The molecule has 1 aliphatic rings. The zero-order chi connectivity index (χ0) is 13.5. The highest BCUT2D eigenvalue weighted by Gasteiger charge is 2.31. The number of nitrogens with one attached hydrogen (secondary N) is 1. The van der Waals surface area contributed by atoms with E-state index in [1.165, 1.54) is 0 Å². The van der Waals surface area contributed by atoms with Crippen LogP contribution in [0.15, 0.2) is 0 Å². The number of rotatable bonds is 4. The SMILES string of the molecule is CC.CC(CO)COC1CC(C)NC(C)(C)C1. The molecule has 3 atom stereocenters. The summed E-state index contributed by atoms with van der Waals surface area (Å²) >= 11 is 0. The summed E-state index contributed by atoms with van der Waals surface area (Å²) in [6.45, 7) is 13.5. The molecule has 0 amide bonds. The van der Waals surface area contributed by atoms with Crippen molar-refractivity contribution < 1.29 is 9.84 Å². The second-order valence-electron chi connectivity index (χ2n) is 5.61. The van der Waals surface area contributed by atoms with Gasteiger partial charge in [0.15, 0.2) is 0 Å². The second kappa shape index (κ2) is 8.06. The van der Waals surface area contributed by atoms with Crippen LogP contribution in [0, 0.1) is 5.92 Å². The van der Waals surface area contributed by atoms with Gasteiger partial charge in [0.05, 0.1) is 12.7 Å². The van der Waals surface area contributed by atoms with Crippen LogP contribution < -0.4 is 5.32 Å². The molecule has 0 aromatic rings. The number of hydrogen-bond donors (Lipinski definition) is 2. The van der Waals surface area contributed by atoms with E-state index in [0.29, 0.717) is 18.8 Å². The van der Waals surface area contributed by atoms with E-state index in [4.69, 9.17) is 9.84 Å². The van der Waals surface area contributed by atoms with E-state index in [-0.39, 0.29) is 18.1 Å². The van der Waals surface area contributed by atoms with E-state index in [2.05, 4.69) is 26.1 Å². The summed E-state index contributed by atoms with van der Waals surface area (Å²) in [4.78, 5) is 0. The Labute approximate surface area is 107 Å². The van der Waals surface area contributed by atoms with Crippen molar-refractivity contribution in [3.63, 3.8) is 0 Å². The summed E-state index contributed by atoms with van der Waals surface area (Å²) in [7, 11) is 0. The molecule has 3 heteroatoms. The molecular formula is C14H31NO2. The fourth-order valence-corrected chi connectivity index (χ4v) is 2.31. The van der Waals surface area contributed by atoms with E-state index in [1.54, 1.807) is 0 Å². The largest absolute Gasteiger partial charge is 0.396 e. The first-order chi connectivity index (χ1) is 7.93. The zero-order valence-electron chi connectivity index (χ0n) is 12.4. The van der Waals surface area contributed by atoms with Gasteiger partial charge in [-0.1, -0.05) is 20.8 Å². The average Bonchev–Trinajstić information content (AvgIpc) is 2.26. The van der Waals surface area contributed by atoms with Gasteiger partial charge in [0.25, 0.3) is 0 Å². The van der Waals surface area contributed by atoms with Crippen molar-refractivity contribution in [3.05, 3.63) is 0 Å². The van der Waals surface area contributed by atoms with Crippen LogP contribution in [0.25, 0.3) is 0 Å². The molecule has 1 fully saturated rings. The van der Waals surface area contributed by atoms with Gasteiger partial charge in [-0.25, -0.2) is 0 Å². The maximum Gasteiger partial charge on any atom is 0.0607 e. The van der Waals surface area contributed by atoms with E-state index < -0.39 is 0 Å². The van der Waals surface area contributed by atoms with Crippen molar-refractivity contribution in [3.8, 4) is 0 Å². The van der Waals surface area contributed by atoms with E-state index in [9.17, 15) is 0 Å². The fourth-order valence-electron chi connectivity index (χ4n) is 2.31. The van der Waals surface area contributed by atoms with E-state index in [1.807, 2.05) is 20.8 Å². The minimum atomic E-state index is 0.171. The van der Waals surface area contributed by atoms with Crippen LogP contribution in [0.3, 0.4) is 0 Å². The smallest absolute Gasteiger partial charge is 0.0607 e. The molecule has 3 nitrogen and oxygen atoms in total. The summed E-state index contributed by atoms with van der Waals surface area (Å²) < 4.78 is 5.84. The van der Waals surface area contributed by atoms with Crippen LogP contribution in [-0.4, -0.2) is 36.0 Å². The van der Waals surface area contributed by atoms with Crippen LogP contribution in [0.4, 0.5) is 0 Å². The Bertz CT molecular complexity index is 195. The molecule has 1 aliphatic heterocycles. The Kier molecular flexibility index (Phi) is 8.01. The minimum Gasteiger partial charge on any atom is -0.396 e. The highest BCUT2D eigenvalue weighted by molar-refractivity contribution is 4.90. The predicted octanol–water partition coefficient (Wildman–Crippen LogP) is 2.58. The fraction of sp³-hybridized carbons (Fsp3) is 1.00. The molecule has 3 unspecified atom stereocenters.